The Kier molecular flexibility index (Phi) is 5.03. The quantitative estimate of drug-likeness (QED) is 0.818. The second-order valence-corrected chi connectivity index (χ2v) is 8.39. The van der Waals surface area contributed by atoms with Crippen molar-refractivity contribution in [1.29, 1.82) is 0 Å². The van der Waals surface area contributed by atoms with Gasteiger partial charge in [-0.25, -0.2) is 12.8 Å². The summed E-state index contributed by atoms with van der Waals surface area (Å²) in [6.07, 6.45) is 0. The molecule has 0 aliphatic rings. The molecule has 1 aromatic carbocycles. The zero-order chi connectivity index (χ0) is 15.6. The van der Waals surface area contributed by atoms with Crippen LogP contribution in [0.5, 0.6) is 0 Å². The Labute approximate surface area is 135 Å². The number of anilines is 1. The Morgan fingerprint density at radius 1 is 1.33 bits per heavy atom. The zero-order valence-electron chi connectivity index (χ0n) is 11.4. The van der Waals surface area contributed by atoms with Crippen LogP contribution in [-0.4, -0.2) is 15.5 Å². The molecule has 0 unspecified atom stereocenters. The van der Waals surface area contributed by atoms with Gasteiger partial charge in [-0.1, -0.05) is 15.9 Å². The molecule has 0 aliphatic heterocycles. The fraction of sp³-hybridized carbons (Fsp3) is 0.231. The van der Waals surface area contributed by atoms with Crippen LogP contribution in [-0.2, 0) is 16.6 Å². The molecule has 114 valence electrons. The fourth-order valence-corrected chi connectivity index (χ4v) is 4.73. The minimum absolute atomic E-state index is 0.0700. The molecule has 21 heavy (non-hydrogen) atoms. The van der Waals surface area contributed by atoms with E-state index in [9.17, 15) is 12.8 Å². The van der Waals surface area contributed by atoms with Crippen LogP contribution in [0, 0.1) is 12.7 Å². The van der Waals surface area contributed by atoms with Gasteiger partial charge in [-0.3, -0.25) is 4.72 Å². The molecule has 0 saturated carbocycles. The van der Waals surface area contributed by atoms with Crippen molar-refractivity contribution in [2.24, 2.45) is 0 Å². The summed E-state index contributed by atoms with van der Waals surface area (Å²) in [4.78, 5) is 0.939. The van der Waals surface area contributed by atoms with Gasteiger partial charge in [0.2, 0.25) is 0 Å². The molecular formula is C13H14BrFN2O2S2. The summed E-state index contributed by atoms with van der Waals surface area (Å²) in [5, 5.41) is 2.98. The first-order valence-corrected chi connectivity index (χ1v) is 9.14. The maximum atomic E-state index is 13.7. The third-order valence-corrected chi connectivity index (χ3v) is 6.35. The molecule has 0 spiro atoms. The highest BCUT2D eigenvalue weighted by Gasteiger charge is 2.20. The minimum Gasteiger partial charge on any atom is -0.315 e. The van der Waals surface area contributed by atoms with Crippen molar-refractivity contribution in [3.63, 3.8) is 0 Å². The van der Waals surface area contributed by atoms with Crippen molar-refractivity contribution in [2.75, 3.05) is 11.8 Å². The molecule has 4 nitrogen and oxygen atoms in total. The SMILES string of the molecule is CNCc1sc(S(=O)(=O)Nc2ccc(Br)cc2F)cc1C. The van der Waals surface area contributed by atoms with Gasteiger partial charge in [-0.2, -0.15) is 0 Å². The summed E-state index contributed by atoms with van der Waals surface area (Å²) in [5.74, 6) is -0.628. The third kappa shape index (κ3) is 3.82. The monoisotopic (exact) mass is 392 g/mol. The van der Waals surface area contributed by atoms with Crippen LogP contribution in [0.3, 0.4) is 0 Å². The molecule has 8 heteroatoms. The van der Waals surface area contributed by atoms with Gasteiger partial charge < -0.3 is 5.32 Å². The van der Waals surface area contributed by atoms with E-state index >= 15 is 0 Å². The van der Waals surface area contributed by atoms with Crippen molar-refractivity contribution in [3.8, 4) is 0 Å². The summed E-state index contributed by atoms with van der Waals surface area (Å²) >= 11 is 4.30. The predicted octanol–water partition coefficient (Wildman–Crippen LogP) is 3.48. The number of nitrogens with one attached hydrogen (secondary N) is 2. The van der Waals surface area contributed by atoms with Crippen LogP contribution in [0.2, 0.25) is 0 Å². The molecule has 2 rings (SSSR count). The van der Waals surface area contributed by atoms with Crippen LogP contribution >= 0.6 is 27.3 Å². The lowest BCUT2D eigenvalue weighted by atomic mass is 10.3. The summed E-state index contributed by atoms with van der Waals surface area (Å²) in [5.41, 5.74) is 0.824. The van der Waals surface area contributed by atoms with E-state index in [4.69, 9.17) is 0 Å². The normalized spacial score (nSPS) is 11.6. The van der Waals surface area contributed by atoms with E-state index in [-0.39, 0.29) is 9.90 Å². The van der Waals surface area contributed by atoms with Crippen LogP contribution < -0.4 is 10.0 Å². The molecule has 2 aromatic rings. The van der Waals surface area contributed by atoms with Crippen molar-refractivity contribution in [2.45, 2.75) is 17.7 Å². The number of rotatable bonds is 5. The van der Waals surface area contributed by atoms with Gasteiger partial charge in [0.1, 0.15) is 10.0 Å². The Balaban J connectivity index is 2.32. The molecule has 2 N–H and O–H groups in total. The van der Waals surface area contributed by atoms with Crippen molar-refractivity contribution in [1.82, 2.24) is 5.32 Å². The number of hydrogen-bond acceptors (Lipinski definition) is 4. The van der Waals surface area contributed by atoms with Gasteiger partial charge in [0.05, 0.1) is 5.69 Å². The lowest BCUT2D eigenvalue weighted by Gasteiger charge is -2.07. The largest absolute Gasteiger partial charge is 0.315 e. The smallest absolute Gasteiger partial charge is 0.271 e. The van der Waals surface area contributed by atoms with E-state index in [0.717, 1.165) is 10.4 Å². The molecule has 1 heterocycles. The second-order valence-electron chi connectivity index (χ2n) is 4.43. The van der Waals surface area contributed by atoms with Crippen LogP contribution in [0.4, 0.5) is 10.1 Å². The van der Waals surface area contributed by atoms with Crippen molar-refractivity contribution >= 4 is 43.0 Å². The molecule has 0 bridgehead atoms. The van der Waals surface area contributed by atoms with Crippen LogP contribution in [0.1, 0.15) is 10.4 Å². The summed E-state index contributed by atoms with van der Waals surface area (Å²) in [6.45, 7) is 2.45. The van der Waals surface area contributed by atoms with Gasteiger partial charge in [-0.15, -0.1) is 11.3 Å². The fourth-order valence-electron chi connectivity index (χ4n) is 1.72. The van der Waals surface area contributed by atoms with E-state index in [1.54, 1.807) is 19.2 Å². The average molecular weight is 393 g/mol. The Bertz CT molecular complexity index is 760. The maximum absolute atomic E-state index is 13.7. The molecule has 1 aromatic heterocycles. The first-order chi connectivity index (χ1) is 9.83. The predicted molar refractivity (Wildman–Crippen MR) is 86.7 cm³/mol. The standard InChI is InChI=1S/C13H14BrFN2O2S2/c1-8-5-13(20-12(8)7-16-2)21(18,19)17-11-4-3-9(14)6-10(11)15/h3-6,16-17H,7H2,1-2H3. The molecule has 0 saturated heterocycles. The second kappa shape index (κ2) is 6.43. The van der Waals surface area contributed by atoms with Crippen LogP contribution in [0.15, 0.2) is 32.9 Å². The first-order valence-electron chi connectivity index (χ1n) is 6.05. The highest BCUT2D eigenvalue weighted by molar-refractivity contribution is 9.10. The molecular weight excluding hydrogens is 379 g/mol. The lowest BCUT2D eigenvalue weighted by molar-refractivity contribution is 0.600. The number of aryl methyl sites for hydroxylation is 1. The number of thiophene rings is 1. The topological polar surface area (TPSA) is 58.2 Å². The highest BCUT2D eigenvalue weighted by atomic mass is 79.9. The van der Waals surface area contributed by atoms with E-state index < -0.39 is 15.8 Å². The van der Waals surface area contributed by atoms with E-state index in [2.05, 4.69) is 26.0 Å². The van der Waals surface area contributed by atoms with Crippen LogP contribution in [0.25, 0.3) is 0 Å². The van der Waals surface area contributed by atoms with E-state index in [0.29, 0.717) is 11.0 Å². The van der Waals surface area contributed by atoms with E-state index in [1.807, 2.05) is 6.92 Å². The van der Waals surface area contributed by atoms with Gasteiger partial charge in [-0.05, 0) is 43.8 Å². The molecule has 0 aliphatic carbocycles. The molecule has 0 radical (unpaired) electrons. The van der Waals surface area contributed by atoms with Gasteiger partial charge in [0.15, 0.2) is 0 Å². The average Bonchev–Trinajstić information content (AvgIpc) is 2.76. The van der Waals surface area contributed by atoms with Crippen molar-refractivity contribution in [3.05, 3.63) is 45.0 Å². The van der Waals surface area contributed by atoms with Gasteiger partial charge in [0.25, 0.3) is 10.0 Å². The third-order valence-electron chi connectivity index (χ3n) is 2.78. The Morgan fingerprint density at radius 2 is 2.05 bits per heavy atom. The van der Waals surface area contributed by atoms with Crippen molar-refractivity contribution < 1.29 is 12.8 Å². The summed E-state index contributed by atoms with van der Waals surface area (Å²) in [6, 6.07) is 5.76. The zero-order valence-corrected chi connectivity index (χ0v) is 14.6. The molecule has 0 amide bonds. The van der Waals surface area contributed by atoms with Gasteiger partial charge in [0, 0.05) is 15.9 Å². The molecule has 0 atom stereocenters. The first kappa shape index (κ1) is 16.4. The maximum Gasteiger partial charge on any atom is 0.271 e. The Morgan fingerprint density at radius 3 is 2.67 bits per heavy atom. The summed E-state index contributed by atoms with van der Waals surface area (Å²) in [7, 11) is -1.99. The lowest BCUT2D eigenvalue weighted by Crippen LogP contribution is -2.12. The number of benzene rings is 1. The number of sulfonamides is 1. The summed E-state index contributed by atoms with van der Waals surface area (Å²) < 4.78 is 41.4. The van der Waals surface area contributed by atoms with Gasteiger partial charge >= 0.3 is 0 Å². The number of halogens is 2. The van der Waals surface area contributed by atoms with E-state index in [1.165, 1.54) is 23.5 Å². The Hall–Kier alpha value is -0.960. The highest BCUT2D eigenvalue weighted by Crippen LogP contribution is 2.28. The molecule has 0 fully saturated rings. The number of hydrogen-bond donors (Lipinski definition) is 2. The minimum atomic E-state index is -3.78.